The number of amides is 1. The number of nitrogens with one attached hydrogen (secondary N) is 1. The van der Waals surface area contributed by atoms with E-state index in [1.54, 1.807) is 0 Å². The lowest BCUT2D eigenvalue weighted by Gasteiger charge is -2.10. The number of benzene rings is 1. The van der Waals surface area contributed by atoms with E-state index < -0.39 is 0 Å². The van der Waals surface area contributed by atoms with Crippen LogP contribution in [0.25, 0.3) is 5.69 Å². The fraction of sp³-hybridized carbons (Fsp3) is 0.118. The van der Waals surface area contributed by atoms with Gasteiger partial charge in [0.25, 0.3) is 5.91 Å². The molecule has 0 aliphatic rings. The smallest absolute Gasteiger partial charge is 0.267 e. The van der Waals surface area contributed by atoms with Crippen LogP contribution < -0.4 is 5.32 Å². The molecule has 21 heavy (non-hydrogen) atoms. The lowest BCUT2D eigenvalue weighted by Crippen LogP contribution is -2.13. The molecule has 3 nitrogen and oxygen atoms in total. The Morgan fingerprint density at radius 2 is 1.90 bits per heavy atom. The van der Waals surface area contributed by atoms with E-state index in [-0.39, 0.29) is 5.91 Å². The molecule has 0 aliphatic heterocycles. The van der Waals surface area contributed by atoms with Crippen molar-refractivity contribution in [1.82, 2.24) is 4.57 Å². The third kappa shape index (κ3) is 2.76. The monoisotopic (exact) mass is 296 g/mol. The predicted molar refractivity (Wildman–Crippen MR) is 87.5 cm³/mol. The van der Waals surface area contributed by atoms with Crippen molar-refractivity contribution in [3.8, 4) is 5.69 Å². The van der Waals surface area contributed by atoms with Crippen LogP contribution in [0.3, 0.4) is 0 Å². The predicted octanol–water partition coefficient (Wildman–Crippen LogP) is 4.41. The Kier molecular flexibility index (Phi) is 3.62. The second kappa shape index (κ2) is 5.58. The van der Waals surface area contributed by atoms with Crippen LogP contribution in [-0.2, 0) is 0 Å². The van der Waals surface area contributed by atoms with Gasteiger partial charge in [-0.2, -0.15) is 0 Å². The number of nitrogens with zero attached hydrogens (tertiary/aromatic N) is 1. The van der Waals surface area contributed by atoms with Crippen LogP contribution in [0.4, 0.5) is 5.69 Å². The van der Waals surface area contributed by atoms with E-state index in [9.17, 15) is 4.79 Å². The first kappa shape index (κ1) is 13.6. The van der Waals surface area contributed by atoms with E-state index in [4.69, 9.17) is 0 Å². The number of hydrogen-bond acceptors (Lipinski definition) is 2. The molecule has 3 rings (SSSR count). The minimum atomic E-state index is -0.0672. The molecule has 0 saturated carbocycles. The Morgan fingerprint density at radius 1 is 1.14 bits per heavy atom. The van der Waals surface area contributed by atoms with E-state index >= 15 is 0 Å². The molecule has 0 atom stereocenters. The van der Waals surface area contributed by atoms with Gasteiger partial charge in [0.05, 0.1) is 5.69 Å². The first-order valence-electron chi connectivity index (χ1n) is 6.74. The molecule has 3 aromatic rings. The van der Waals surface area contributed by atoms with Gasteiger partial charge in [-0.05, 0) is 54.6 Å². The fourth-order valence-electron chi connectivity index (χ4n) is 2.22. The number of carbonyl (C=O) groups excluding carboxylic acids is 1. The summed E-state index contributed by atoms with van der Waals surface area (Å²) in [5.74, 6) is -0.0672. The molecule has 0 unspecified atom stereocenters. The zero-order chi connectivity index (χ0) is 14.8. The molecular formula is C17H16N2OS. The number of anilines is 1. The quantitative estimate of drug-likeness (QED) is 0.763. The molecule has 0 fully saturated rings. The van der Waals surface area contributed by atoms with Gasteiger partial charge in [-0.1, -0.05) is 12.1 Å². The van der Waals surface area contributed by atoms with Gasteiger partial charge in [-0.25, -0.2) is 0 Å². The minimum Gasteiger partial charge on any atom is -0.322 e. The molecule has 2 heterocycles. The molecule has 1 aromatic carbocycles. The highest BCUT2D eigenvalue weighted by molar-refractivity contribution is 7.12. The maximum absolute atomic E-state index is 12.5. The van der Waals surface area contributed by atoms with E-state index in [0.717, 1.165) is 22.5 Å². The molecule has 1 amide bonds. The van der Waals surface area contributed by atoms with Gasteiger partial charge < -0.3 is 9.88 Å². The Hall–Kier alpha value is -2.33. The first-order chi connectivity index (χ1) is 10.1. The summed E-state index contributed by atoms with van der Waals surface area (Å²) in [6.45, 7) is 4.02. The molecule has 2 aromatic heterocycles. The molecule has 0 spiro atoms. The average Bonchev–Trinajstić information content (AvgIpc) is 3.12. The summed E-state index contributed by atoms with van der Waals surface area (Å²) in [5.41, 5.74) is 3.97. The molecule has 0 saturated heterocycles. The highest BCUT2D eigenvalue weighted by Gasteiger charge is 2.15. The molecule has 0 radical (unpaired) electrons. The van der Waals surface area contributed by atoms with Crippen molar-refractivity contribution in [2.24, 2.45) is 0 Å². The summed E-state index contributed by atoms with van der Waals surface area (Å²) >= 11 is 1.45. The highest BCUT2D eigenvalue weighted by Crippen LogP contribution is 2.24. The number of rotatable bonds is 3. The van der Waals surface area contributed by atoms with Crippen molar-refractivity contribution in [2.75, 3.05) is 5.32 Å². The van der Waals surface area contributed by atoms with E-state index in [2.05, 4.69) is 5.32 Å². The number of hydrogen-bond donors (Lipinski definition) is 1. The van der Waals surface area contributed by atoms with Gasteiger partial charge in [0.1, 0.15) is 4.88 Å². The average molecular weight is 296 g/mol. The Bertz CT molecular complexity index is 772. The molecular weight excluding hydrogens is 280 g/mol. The number of aryl methyl sites for hydroxylation is 2. The second-order valence-corrected chi connectivity index (χ2v) is 5.91. The summed E-state index contributed by atoms with van der Waals surface area (Å²) < 4.78 is 1.95. The molecule has 0 aliphatic carbocycles. The largest absolute Gasteiger partial charge is 0.322 e. The van der Waals surface area contributed by atoms with E-state index in [1.165, 1.54) is 11.3 Å². The lowest BCUT2D eigenvalue weighted by atomic mass is 10.1. The van der Waals surface area contributed by atoms with Crippen LogP contribution >= 0.6 is 11.3 Å². The van der Waals surface area contributed by atoms with Gasteiger partial charge in [-0.3, -0.25) is 4.79 Å². The van der Waals surface area contributed by atoms with Crippen LogP contribution in [0, 0.1) is 13.8 Å². The zero-order valence-corrected chi connectivity index (χ0v) is 12.8. The van der Waals surface area contributed by atoms with Gasteiger partial charge in [0.15, 0.2) is 0 Å². The minimum absolute atomic E-state index is 0.0672. The maximum atomic E-state index is 12.5. The Balaban J connectivity index is 1.90. The van der Waals surface area contributed by atoms with Gasteiger partial charge >= 0.3 is 0 Å². The van der Waals surface area contributed by atoms with E-state index in [0.29, 0.717) is 4.88 Å². The van der Waals surface area contributed by atoms with Crippen LogP contribution in [0.15, 0.2) is 54.2 Å². The zero-order valence-electron chi connectivity index (χ0n) is 12.0. The van der Waals surface area contributed by atoms with Crippen molar-refractivity contribution in [2.45, 2.75) is 13.8 Å². The number of aromatic nitrogens is 1. The Labute approximate surface area is 127 Å². The third-order valence-corrected chi connectivity index (χ3v) is 4.28. The topological polar surface area (TPSA) is 34.0 Å². The van der Waals surface area contributed by atoms with Crippen molar-refractivity contribution >= 4 is 22.9 Å². The second-order valence-electron chi connectivity index (χ2n) is 5.00. The fourth-order valence-corrected chi connectivity index (χ4v) is 3.01. The van der Waals surface area contributed by atoms with Crippen LogP contribution in [0.2, 0.25) is 0 Å². The van der Waals surface area contributed by atoms with Crippen LogP contribution in [0.5, 0.6) is 0 Å². The van der Waals surface area contributed by atoms with Crippen molar-refractivity contribution in [1.29, 1.82) is 0 Å². The van der Waals surface area contributed by atoms with E-state index in [1.807, 2.05) is 72.6 Å². The van der Waals surface area contributed by atoms with Gasteiger partial charge in [-0.15, -0.1) is 11.3 Å². The molecule has 1 N–H and O–H groups in total. The van der Waals surface area contributed by atoms with Crippen molar-refractivity contribution < 1.29 is 4.79 Å². The van der Waals surface area contributed by atoms with Crippen molar-refractivity contribution in [3.63, 3.8) is 0 Å². The number of carbonyl (C=O) groups is 1. The maximum Gasteiger partial charge on any atom is 0.267 e. The van der Waals surface area contributed by atoms with Crippen LogP contribution in [0.1, 0.15) is 20.8 Å². The normalized spacial score (nSPS) is 10.6. The standard InChI is InChI=1S/C17H16N2OS/c1-12-5-6-13(2)14(11-12)18-17(20)16-15(7-10-21-16)19-8-3-4-9-19/h3-11H,1-2H3,(H,18,20). The van der Waals surface area contributed by atoms with Gasteiger partial charge in [0.2, 0.25) is 0 Å². The summed E-state index contributed by atoms with van der Waals surface area (Å²) in [7, 11) is 0. The summed E-state index contributed by atoms with van der Waals surface area (Å²) in [5, 5.41) is 4.95. The summed E-state index contributed by atoms with van der Waals surface area (Å²) in [6.07, 6.45) is 3.88. The lowest BCUT2D eigenvalue weighted by molar-refractivity contribution is 0.103. The highest BCUT2D eigenvalue weighted by atomic mass is 32.1. The first-order valence-corrected chi connectivity index (χ1v) is 7.62. The molecule has 4 heteroatoms. The van der Waals surface area contributed by atoms with Gasteiger partial charge in [0, 0.05) is 18.1 Å². The third-order valence-electron chi connectivity index (χ3n) is 3.37. The van der Waals surface area contributed by atoms with Crippen molar-refractivity contribution in [3.05, 3.63) is 70.2 Å². The van der Waals surface area contributed by atoms with Crippen LogP contribution in [-0.4, -0.2) is 10.5 Å². The SMILES string of the molecule is Cc1ccc(C)c(NC(=O)c2sccc2-n2cccc2)c1. The Morgan fingerprint density at radius 3 is 2.67 bits per heavy atom. The number of thiophene rings is 1. The summed E-state index contributed by atoms with van der Waals surface area (Å²) in [4.78, 5) is 13.3. The summed E-state index contributed by atoms with van der Waals surface area (Å²) in [6, 6.07) is 11.9. The molecule has 0 bridgehead atoms. The molecule has 106 valence electrons.